The van der Waals surface area contributed by atoms with Crippen molar-refractivity contribution in [2.24, 2.45) is 10.1 Å². The molecule has 0 aliphatic carbocycles. The second-order valence-electron chi connectivity index (χ2n) is 5.43. The molecule has 0 spiro atoms. The highest BCUT2D eigenvalue weighted by molar-refractivity contribution is 8.14. The van der Waals surface area contributed by atoms with E-state index in [1.807, 2.05) is 30.3 Å². The number of aliphatic imine (C=N–C) groups is 1. The average Bonchev–Trinajstić information content (AvgIpc) is 3.03. The van der Waals surface area contributed by atoms with Gasteiger partial charge >= 0.3 is 0 Å². The minimum absolute atomic E-state index is 0.0391. The van der Waals surface area contributed by atoms with Crippen molar-refractivity contribution < 1.29 is 9.90 Å². The Labute approximate surface area is 150 Å². The molecule has 0 bridgehead atoms. The lowest BCUT2D eigenvalue weighted by Crippen LogP contribution is -2.20. The number of hydrazone groups is 1. The minimum atomic E-state index is -0.208. The number of hydrogen-bond acceptors (Lipinski definition) is 5. The average molecular weight is 351 g/mol. The molecule has 0 saturated heterocycles. The van der Waals surface area contributed by atoms with Gasteiger partial charge in [-0.25, -0.2) is 10.4 Å². The van der Waals surface area contributed by atoms with E-state index in [0.29, 0.717) is 11.1 Å². The maximum atomic E-state index is 11.9. The number of benzene rings is 2. The summed E-state index contributed by atoms with van der Waals surface area (Å²) in [4.78, 5) is 16.4. The van der Waals surface area contributed by atoms with Gasteiger partial charge in [-0.3, -0.25) is 4.79 Å². The molecule has 1 aliphatic heterocycles. The van der Waals surface area contributed by atoms with Crippen molar-refractivity contribution in [2.75, 3.05) is 5.75 Å². The monoisotopic (exact) mass is 351 g/mol. The zero-order valence-electron chi connectivity index (χ0n) is 13.5. The largest absolute Gasteiger partial charge is 0.508 e. The first-order chi connectivity index (χ1) is 12.1. The highest BCUT2D eigenvalue weighted by Crippen LogP contribution is 2.29. The van der Waals surface area contributed by atoms with E-state index in [9.17, 15) is 9.90 Å². The molecule has 25 heavy (non-hydrogen) atoms. The third-order valence-corrected chi connectivity index (χ3v) is 4.59. The number of aliphatic hydroxyl groups is 1. The highest BCUT2D eigenvalue weighted by atomic mass is 32.2. The van der Waals surface area contributed by atoms with E-state index in [0.717, 1.165) is 17.2 Å². The smallest absolute Gasteiger partial charge is 0.250 e. The van der Waals surface area contributed by atoms with Crippen LogP contribution in [-0.4, -0.2) is 28.0 Å². The molecule has 2 aromatic carbocycles. The number of amides is 1. The van der Waals surface area contributed by atoms with Crippen molar-refractivity contribution in [1.29, 1.82) is 0 Å². The number of para-hydroxylation sites is 1. The van der Waals surface area contributed by atoms with E-state index in [1.54, 1.807) is 18.2 Å². The van der Waals surface area contributed by atoms with Crippen LogP contribution < -0.4 is 5.43 Å². The Kier molecular flexibility index (Phi) is 5.30. The Balaban J connectivity index is 1.50. The molecule has 5 nitrogen and oxygen atoms in total. The van der Waals surface area contributed by atoms with E-state index in [-0.39, 0.29) is 17.4 Å². The van der Waals surface area contributed by atoms with Crippen molar-refractivity contribution in [3.05, 3.63) is 71.8 Å². The fraction of sp³-hybridized carbons (Fsp3) is 0.105. The van der Waals surface area contributed by atoms with Gasteiger partial charge in [0.05, 0.1) is 22.7 Å². The maximum Gasteiger partial charge on any atom is 0.250 e. The third-order valence-electron chi connectivity index (χ3n) is 3.61. The molecule has 3 rings (SSSR count). The van der Waals surface area contributed by atoms with Crippen LogP contribution >= 0.6 is 11.8 Å². The van der Waals surface area contributed by atoms with Crippen LogP contribution in [0.25, 0.3) is 5.76 Å². The molecule has 2 aromatic rings. The van der Waals surface area contributed by atoms with Crippen LogP contribution in [0.15, 0.2) is 65.2 Å². The van der Waals surface area contributed by atoms with Crippen LogP contribution in [0.1, 0.15) is 16.7 Å². The first-order valence-electron chi connectivity index (χ1n) is 7.71. The van der Waals surface area contributed by atoms with Crippen molar-refractivity contribution in [3.8, 4) is 0 Å². The van der Waals surface area contributed by atoms with Gasteiger partial charge in [0.1, 0.15) is 5.76 Å². The second kappa shape index (κ2) is 7.81. The molecular formula is C19H17N3O2S. The van der Waals surface area contributed by atoms with Crippen molar-refractivity contribution in [2.45, 2.75) is 6.42 Å². The second-order valence-corrected chi connectivity index (χ2v) is 6.48. The summed E-state index contributed by atoms with van der Waals surface area (Å²) >= 11 is 1.41. The Morgan fingerprint density at radius 1 is 1.28 bits per heavy atom. The van der Waals surface area contributed by atoms with Crippen LogP contribution in [0, 0.1) is 0 Å². The van der Waals surface area contributed by atoms with Crippen LogP contribution in [-0.2, 0) is 11.2 Å². The molecule has 0 saturated carbocycles. The van der Waals surface area contributed by atoms with Crippen LogP contribution in [0.5, 0.6) is 0 Å². The first-order valence-corrected chi connectivity index (χ1v) is 8.69. The Hall–Kier alpha value is -2.86. The standard InChI is InChI=1S/C19H17N3O2S/c1-13(23)16-8-4-2-7-15(16)11-20-22-18(24)12-25-19-10-14-6-3-5-9-17(14)21-19/h2-9,11,23H,1,10,12H2,(H,22,24)/b20-11+. The van der Waals surface area contributed by atoms with Gasteiger partial charge in [-0.15, -0.1) is 11.8 Å². The van der Waals surface area contributed by atoms with Gasteiger partial charge in [-0.2, -0.15) is 5.10 Å². The molecule has 1 heterocycles. The van der Waals surface area contributed by atoms with Gasteiger partial charge in [-0.05, 0) is 11.6 Å². The van der Waals surface area contributed by atoms with Gasteiger partial charge in [-0.1, -0.05) is 49.0 Å². The lowest BCUT2D eigenvalue weighted by molar-refractivity contribution is -0.118. The Morgan fingerprint density at radius 2 is 2.04 bits per heavy atom. The summed E-state index contributed by atoms with van der Waals surface area (Å²) in [6.45, 7) is 3.51. The molecule has 1 aliphatic rings. The Morgan fingerprint density at radius 3 is 2.84 bits per heavy atom. The van der Waals surface area contributed by atoms with Crippen molar-refractivity contribution >= 4 is 40.4 Å². The number of nitrogens with zero attached hydrogens (tertiary/aromatic N) is 2. The summed E-state index contributed by atoms with van der Waals surface area (Å²) in [6.07, 6.45) is 2.26. The predicted molar refractivity (Wildman–Crippen MR) is 104 cm³/mol. The number of rotatable bonds is 5. The fourth-order valence-electron chi connectivity index (χ4n) is 2.42. The van der Waals surface area contributed by atoms with Gasteiger partial charge < -0.3 is 5.11 Å². The number of aliphatic hydroxyl groups excluding tert-OH is 1. The lowest BCUT2D eigenvalue weighted by Gasteiger charge is -2.03. The molecule has 0 radical (unpaired) electrons. The third kappa shape index (κ3) is 4.36. The number of nitrogens with one attached hydrogen (secondary N) is 1. The van der Waals surface area contributed by atoms with Crippen LogP contribution in [0.4, 0.5) is 5.69 Å². The van der Waals surface area contributed by atoms with Crippen molar-refractivity contribution in [1.82, 2.24) is 5.43 Å². The molecule has 0 atom stereocenters. The quantitative estimate of drug-likeness (QED) is 0.490. The van der Waals surface area contributed by atoms with Gasteiger partial charge in [0.2, 0.25) is 5.91 Å². The number of carbonyl (C=O) groups excluding carboxylic acids is 1. The molecule has 0 fully saturated rings. The minimum Gasteiger partial charge on any atom is -0.508 e. The van der Waals surface area contributed by atoms with E-state index >= 15 is 0 Å². The summed E-state index contributed by atoms with van der Waals surface area (Å²) in [5.74, 6) is 0.00127. The zero-order valence-corrected chi connectivity index (χ0v) is 14.3. The molecule has 6 heteroatoms. The molecular weight excluding hydrogens is 334 g/mol. The highest BCUT2D eigenvalue weighted by Gasteiger charge is 2.15. The number of carbonyl (C=O) groups is 1. The van der Waals surface area contributed by atoms with Gasteiger partial charge in [0, 0.05) is 17.5 Å². The van der Waals surface area contributed by atoms with E-state index in [4.69, 9.17) is 0 Å². The zero-order chi connectivity index (χ0) is 17.6. The SMILES string of the molecule is C=C(O)c1ccccc1/C=N/NC(=O)CSC1=Nc2ccccc2C1. The fourth-order valence-corrected chi connectivity index (χ4v) is 3.20. The van der Waals surface area contributed by atoms with Gasteiger partial charge in [0.25, 0.3) is 0 Å². The van der Waals surface area contributed by atoms with E-state index in [2.05, 4.69) is 22.1 Å². The van der Waals surface area contributed by atoms with Gasteiger partial charge in [0.15, 0.2) is 0 Å². The number of thioether (sulfide) groups is 1. The number of hydrogen-bond donors (Lipinski definition) is 2. The number of fused-ring (bicyclic) bond motifs is 1. The molecule has 2 N–H and O–H groups in total. The predicted octanol–water partition coefficient (Wildman–Crippen LogP) is 3.68. The summed E-state index contributed by atoms with van der Waals surface area (Å²) in [5.41, 5.74) is 5.90. The van der Waals surface area contributed by atoms with Crippen LogP contribution in [0.2, 0.25) is 0 Å². The molecule has 0 unspecified atom stereocenters. The lowest BCUT2D eigenvalue weighted by atomic mass is 10.1. The van der Waals surface area contributed by atoms with E-state index in [1.165, 1.54) is 23.5 Å². The Bertz CT molecular complexity index is 874. The first kappa shape index (κ1) is 17.0. The van der Waals surface area contributed by atoms with Crippen LogP contribution in [0.3, 0.4) is 0 Å². The summed E-state index contributed by atoms with van der Waals surface area (Å²) < 4.78 is 0. The normalized spacial score (nSPS) is 12.7. The summed E-state index contributed by atoms with van der Waals surface area (Å²) in [7, 11) is 0. The topological polar surface area (TPSA) is 74.1 Å². The summed E-state index contributed by atoms with van der Waals surface area (Å²) in [6, 6.07) is 15.1. The van der Waals surface area contributed by atoms with E-state index < -0.39 is 0 Å². The van der Waals surface area contributed by atoms with Crippen molar-refractivity contribution in [3.63, 3.8) is 0 Å². The molecule has 126 valence electrons. The maximum absolute atomic E-state index is 11.9. The molecule has 0 aromatic heterocycles. The molecule has 1 amide bonds. The summed E-state index contributed by atoms with van der Waals surface area (Å²) in [5, 5.41) is 14.4.